The van der Waals surface area contributed by atoms with Gasteiger partial charge < -0.3 is 10.2 Å². The zero-order valence-electron chi connectivity index (χ0n) is 20.8. The highest BCUT2D eigenvalue weighted by molar-refractivity contribution is 7.92. The summed E-state index contributed by atoms with van der Waals surface area (Å²) in [6.45, 7) is 0. The minimum Gasteiger partial charge on any atom is -0.379 e. The van der Waals surface area contributed by atoms with E-state index >= 15 is 4.39 Å². The maximum Gasteiger partial charge on any atom is 0.419 e. The van der Waals surface area contributed by atoms with Gasteiger partial charge in [0.25, 0.3) is 10.0 Å². The number of hydrogen-bond donors (Lipinski definition) is 2. The van der Waals surface area contributed by atoms with Gasteiger partial charge in [-0.05, 0) is 75.2 Å². The van der Waals surface area contributed by atoms with Crippen LogP contribution in [0.25, 0.3) is 0 Å². The molecule has 1 heterocycles. The third kappa shape index (κ3) is 6.59. The molecule has 14 heteroatoms. The third-order valence-corrected chi connectivity index (χ3v) is 8.40. The highest BCUT2D eigenvalue weighted by Crippen LogP contribution is 2.40. The molecule has 39 heavy (non-hydrogen) atoms. The fourth-order valence-electron chi connectivity index (χ4n) is 4.79. The van der Waals surface area contributed by atoms with Crippen molar-refractivity contribution in [1.29, 1.82) is 0 Å². The number of nitrogens with zero attached hydrogens (tertiary/aromatic N) is 3. The fourth-order valence-corrected chi connectivity index (χ4v) is 6.17. The summed E-state index contributed by atoms with van der Waals surface area (Å²) in [4.78, 5) is 8.68. The molecule has 0 radical (unpaired) electrons. The van der Waals surface area contributed by atoms with Crippen LogP contribution in [0.15, 0.2) is 53.8 Å². The van der Waals surface area contributed by atoms with Gasteiger partial charge in [-0.3, -0.25) is 4.72 Å². The van der Waals surface area contributed by atoms with Crippen LogP contribution in [-0.2, 0) is 16.2 Å². The van der Waals surface area contributed by atoms with Gasteiger partial charge in [-0.25, -0.2) is 27.2 Å². The van der Waals surface area contributed by atoms with Crippen molar-refractivity contribution in [1.82, 2.24) is 14.9 Å². The van der Waals surface area contributed by atoms with Gasteiger partial charge in [0.15, 0.2) is 0 Å². The number of hydrogen-bond acceptors (Lipinski definition) is 6. The largest absolute Gasteiger partial charge is 0.419 e. The van der Waals surface area contributed by atoms with Gasteiger partial charge >= 0.3 is 6.18 Å². The normalized spacial score (nSPS) is 20.2. The van der Waals surface area contributed by atoms with Crippen molar-refractivity contribution >= 4 is 33.1 Å². The lowest BCUT2D eigenvalue weighted by molar-refractivity contribution is -0.140. The van der Waals surface area contributed by atoms with Gasteiger partial charge in [-0.15, -0.1) is 0 Å². The fraction of sp³-hybridized carbons (Fsp3) is 0.360. The summed E-state index contributed by atoms with van der Waals surface area (Å²) in [5, 5.41) is 3.14. The maximum atomic E-state index is 15.0. The van der Waals surface area contributed by atoms with Gasteiger partial charge in [-0.2, -0.15) is 13.2 Å². The number of rotatable bonds is 7. The summed E-state index contributed by atoms with van der Waals surface area (Å²) in [6.07, 6.45) is -0.925. The van der Waals surface area contributed by atoms with E-state index in [2.05, 4.69) is 20.0 Å². The average molecular weight is 590 g/mol. The third-order valence-electron chi connectivity index (χ3n) is 6.72. The maximum absolute atomic E-state index is 15.0. The number of aromatic nitrogens is 2. The van der Waals surface area contributed by atoms with Crippen LogP contribution in [0, 0.1) is 11.6 Å². The second-order valence-electron chi connectivity index (χ2n) is 9.49. The molecule has 0 saturated heterocycles. The van der Waals surface area contributed by atoms with Crippen molar-refractivity contribution in [2.75, 3.05) is 24.1 Å². The molecule has 1 aliphatic carbocycles. The molecular weight excluding hydrogens is 565 g/mol. The van der Waals surface area contributed by atoms with E-state index in [0.717, 1.165) is 30.6 Å². The minimum atomic E-state index is -4.80. The molecule has 1 saturated carbocycles. The Morgan fingerprint density at radius 2 is 1.79 bits per heavy atom. The Morgan fingerprint density at radius 1 is 1.05 bits per heavy atom. The number of anilines is 2. The van der Waals surface area contributed by atoms with E-state index in [9.17, 15) is 26.0 Å². The zero-order valence-corrected chi connectivity index (χ0v) is 22.4. The predicted octanol–water partition coefficient (Wildman–Crippen LogP) is 5.91. The summed E-state index contributed by atoms with van der Waals surface area (Å²) in [7, 11) is -0.719. The molecule has 0 unspecified atom stereocenters. The monoisotopic (exact) mass is 589 g/mol. The molecule has 2 aromatic carbocycles. The Kier molecular flexibility index (Phi) is 8.33. The Bertz CT molecular complexity index is 1440. The SMILES string of the molecule is CN(C)[C@H]1C[C@@H](c2ccc(F)c(C(F)(F)F)c2)CC[C@@H]1Nc1cc(F)c(S(=O)(=O)Nc2ccncn2)cc1Cl. The highest BCUT2D eigenvalue weighted by Gasteiger charge is 2.37. The van der Waals surface area contributed by atoms with Crippen molar-refractivity contribution in [3.63, 3.8) is 0 Å². The first-order valence-corrected chi connectivity index (χ1v) is 13.7. The van der Waals surface area contributed by atoms with Crippen molar-refractivity contribution in [2.45, 2.75) is 48.3 Å². The van der Waals surface area contributed by atoms with E-state index < -0.39 is 38.3 Å². The lowest BCUT2D eigenvalue weighted by atomic mass is 9.78. The highest BCUT2D eigenvalue weighted by atomic mass is 35.5. The zero-order chi connectivity index (χ0) is 28.5. The first-order valence-electron chi connectivity index (χ1n) is 11.8. The van der Waals surface area contributed by atoms with Crippen LogP contribution in [-0.4, -0.2) is 49.5 Å². The van der Waals surface area contributed by atoms with Crippen LogP contribution < -0.4 is 10.0 Å². The van der Waals surface area contributed by atoms with Crippen LogP contribution in [0.4, 0.5) is 33.5 Å². The summed E-state index contributed by atoms with van der Waals surface area (Å²) in [5.41, 5.74) is -0.733. The second kappa shape index (κ2) is 11.2. The Hall–Kier alpha value is -3.03. The van der Waals surface area contributed by atoms with Crippen LogP contribution in [0.1, 0.15) is 36.3 Å². The number of nitrogens with one attached hydrogen (secondary N) is 2. The van der Waals surface area contributed by atoms with Gasteiger partial charge in [0.1, 0.15) is 28.7 Å². The minimum absolute atomic E-state index is 0.0348. The van der Waals surface area contributed by atoms with E-state index in [1.54, 1.807) is 0 Å². The summed E-state index contributed by atoms with van der Waals surface area (Å²) >= 11 is 6.35. The molecule has 0 amide bonds. The molecule has 0 bridgehead atoms. The first kappa shape index (κ1) is 29.0. The van der Waals surface area contributed by atoms with Crippen LogP contribution >= 0.6 is 11.6 Å². The summed E-state index contributed by atoms with van der Waals surface area (Å²) in [6, 6.07) is 5.88. The average Bonchev–Trinajstić information content (AvgIpc) is 2.86. The van der Waals surface area contributed by atoms with Crippen LogP contribution in [0.2, 0.25) is 5.02 Å². The van der Waals surface area contributed by atoms with E-state index in [4.69, 9.17) is 11.6 Å². The molecule has 0 aliphatic heterocycles. The quantitative estimate of drug-likeness (QED) is 0.334. The van der Waals surface area contributed by atoms with Gasteiger partial charge in [0.05, 0.1) is 16.3 Å². The van der Waals surface area contributed by atoms with E-state index in [1.165, 1.54) is 18.3 Å². The Labute approximate surface area is 227 Å². The van der Waals surface area contributed by atoms with E-state index in [-0.39, 0.29) is 34.5 Å². The number of halogens is 6. The molecular formula is C25H25ClF5N5O2S. The summed E-state index contributed by atoms with van der Waals surface area (Å²) in [5.74, 6) is -2.66. The lowest BCUT2D eigenvalue weighted by Gasteiger charge is -2.41. The van der Waals surface area contributed by atoms with Gasteiger partial charge in [0.2, 0.25) is 0 Å². The second-order valence-corrected chi connectivity index (χ2v) is 11.5. The molecule has 1 aromatic heterocycles. The molecule has 3 atom stereocenters. The van der Waals surface area contributed by atoms with E-state index in [1.807, 2.05) is 19.0 Å². The number of benzene rings is 2. The number of likely N-dealkylation sites (N-methyl/N-ethyl adjacent to an activating group) is 1. The van der Waals surface area contributed by atoms with Gasteiger partial charge in [-0.1, -0.05) is 17.7 Å². The molecule has 4 rings (SSSR count). The van der Waals surface area contributed by atoms with Gasteiger partial charge in [0, 0.05) is 18.3 Å². The molecule has 1 aliphatic rings. The molecule has 7 nitrogen and oxygen atoms in total. The molecule has 210 valence electrons. The topological polar surface area (TPSA) is 87.2 Å². The van der Waals surface area contributed by atoms with Crippen molar-refractivity contribution < 1.29 is 30.4 Å². The molecule has 2 N–H and O–H groups in total. The molecule has 0 spiro atoms. The first-order chi connectivity index (χ1) is 18.3. The van der Waals surface area contributed by atoms with E-state index in [0.29, 0.717) is 24.8 Å². The smallest absolute Gasteiger partial charge is 0.379 e. The van der Waals surface area contributed by atoms with Crippen LogP contribution in [0.3, 0.4) is 0 Å². The molecule has 3 aromatic rings. The van der Waals surface area contributed by atoms with Crippen molar-refractivity contribution in [2.24, 2.45) is 0 Å². The predicted molar refractivity (Wildman–Crippen MR) is 137 cm³/mol. The lowest BCUT2D eigenvalue weighted by Crippen LogP contribution is -2.47. The van der Waals surface area contributed by atoms with Crippen LogP contribution in [0.5, 0.6) is 0 Å². The Balaban J connectivity index is 1.53. The molecule has 1 fully saturated rings. The Morgan fingerprint density at radius 3 is 2.44 bits per heavy atom. The van der Waals surface area contributed by atoms with Crippen molar-refractivity contribution in [3.8, 4) is 0 Å². The standard InChI is InChI=1S/C25H25ClF5N5O2S/c1-36(2)22-10-15(14-3-5-18(27)16(9-14)25(29,30)31)4-6-20(22)34-21-12-19(28)23(11-17(21)26)39(37,38)35-24-7-8-32-13-33-24/h3,5,7-9,11-13,15,20,22,34H,4,6,10H2,1-2H3,(H,32,33,35)/t15-,20-,22-/m0/s1. The number of sulfonamides is 1. The summed E-state index contributed by atoms with van der Waals surface area (Å²) < 4.78 is 96.1. The van der Waals surface area contributed by atoms with Crippen molar-refractivity contribution in [3.05, 3.63) is 76.7 Å². The number of alkyl halides is 3.